The number of carboxylic acid groups (broad SMARTS) is 2. The van der Waals surface area contributed by atoms with Crippen molar-refractivity contribution in [2.45, 2.75) is 20.0 Å². The maximum Gasteiger partial charge on any atom is 0.414 e. The van der Waals surface area contributed by atoms with Crippen molar-refractivity contribution in [3.63, 3.8) is 0 Å². The van der Waals surface area contributed by atoms with E-state index in [0.717, 1.165) is 28.6 Å². The van der Waals surface area contributed by atoms with Gasteiger partial charge in [-0.1, -0.05) is 35.0 Å². The minimum Gasteiger partial charge on any atom is -0.473 e. The van der Waals surface area contributed by atoms with Crippen LogP contribution in [0.5, 0.6) is 0 Å². The highest BCUT2D eigenvalue weighted by atomic mass is 35.5. The molecule has 2 rings (SSSR count). The maximum atomic E-state index is 9.10. The highest BCUT2D eigenvalue weighted by molar-refractivity contribution is 6.31. The fraction of sp³-hybridized carbons (Fsp3) is 0.214. The fourth-order valence-electron chi connectivity index (χ4n) is 1.47. The number of carbonyl (C=O) groups is 2. The van der Waals surface area contributed by atoms with E-state index in [0.29, 0.717) is 6.54 Å². The van der Waals surface area contributed by atoms with Crippen LogP contribution in [-0.2, 0) is 22.7 Å². The number of hydrogen-bond acceptors (Lipinski definition) is 5. The SMILES string of the molecule is Cc1cc(CNCc2ccccc2Cl)no1.O=C(O)C(=O)O. The Morgan fingerprint density at radius 1 is 1.23 bits per heavy atom. The summed E-state index contributed by atoms with van der Waals surface area (Å²) >= 11 is 6.04. The standard InChI is InChI=1S/C12H13ClN2O.C2H2O4/c1-9-6-11(15-16-9)8-14-7-10-4-2-3-5-12(10)13;3-1(4)2(5)6/h2-6,14H,7-8H2,1H3;(H,3,4)(H,5,6). The van der Waals surface area contributed by atoms with Gasteiger partial charge in [0.15, 0.2) is 0 Å². The lowest BCUT2D eigenvalue weighted by atomic mass is 10.2. The average Bonchev–Trinajstić information content (AvgIpc) is 2.87. The first-order chi connectivity index (χ1) is 10.4. The van der Waals surface area contributed by atoms with Gasteiger partial charge in [-0.2, -0.15) is 0 Å². The van der Waals surface area contributed by atoms with Gasteiger partial charge >= 0.3 is 11.9 Å². The summed E-state index contributed by atoms with van der Waals surface area (Å²) in [6.45, 7) is 3.29. The molecule has 7 nitrogen and oxygen atoms in total. The number of aryl methyl sites for hydroxylation is 1. The summed E-state index contributed by atoms with van der Waals surface area (Å²) in [4.78, 5) is 18.2. The van der Waals surface area contributed by atoms with Gasteiger partial charge in [0.05, 0.1) is 5.69 Å². The van der Waals surface area contributed by atoms with E-state index in [1.807, 2.05) is 37.3 Å². The van der Waals surface area contributed by atoms with Crippen LogP contribution in [0.4, 0.5) is 0 Å². The van der Waals surface area contributed by atoms with Crippen LogP contribution in [0.3, 0.4) is 0 Å². The number of hydrogen-bond donors (Lipinski definition) is 3. The van der Waals surface area contributed by atoms with E-state index in [-0.39, 0.29) is 0 Å². The molecule has 0 aliphatic heterocycles. The van der Waals surface area contributed by atoms with Crippen molar-refractivity contribution in [1.29, 1.82) is 0 Å². The molecule has 1 aromatic heterocycles. The molecule has 0 unspecified atom stereocenters. The summed E-state index contributed by atoms with van der Waals surface area (Å²) in [6, 6.07) is 9.71. The van der Waals surface area contributed by atoms with E-state index in [2.05, 4.69) is 10.5 Å². The van der Waals surface area contributed by atoms with Crippen molar-refractivity contribution in [2.75, 3.05) is 0 Å². The molecule has 0 fully saturated rings. The van der Waals surface area contributed by atoms with Crippen LogP contribution in [0.2, 0.25) is 5.02 Å². The molecule has 3 N–H and O–H groups in total. The van der Waals surface area contributed by atoms with Crippen molar-refractivity contribution >= 4 is 23.5 Å². The van der Waals surface area contributed by atoms with E-state index >= 15 is 0 Å². The van der Waals surface area contributed by atoms with Crippen LogP contribution in [0.1, 0.15) is 17.0 Å². The van der Waals surface area contributed by atoms with Gasteiger partial charge in [-0.15, -0.1) is 0 Å². The second-order valence-corrected chi connectivity index (χ2v) is 4.64. The monoisotopic (exact) mass is 326 g/mol. The third-order valence-electron chi connectivity index (χ3n) is 2.44. The molecule has 2 aromatic rings. The summed E-state index contributed by atoms with van der Waals surface area (Å²) in [6.07, 6.45) is 0. The van der Waals surface area contributed by atoms with E-state index in [9.17, 15) is 0 Å². The van der Waals surface area contributed by atoms with Crippen LogP contribution in [0.25, 0.3) is 0 Å². The lowest BCUT2D eigenvalue weighted by Crippen LogP contribution is -2.13. The number of nitrogens with zero attached hydrogens (tertiary/aromatic N) is 1. The first-order valence-corrected chi connectivity index (χ1v) is 6.60. The molecule has 1 aromatic carbocycles. The molecular formula is C14H15ClN2O5. The molecule has 0 saturated heterocycles. The molecular weight excluding hydrogens is 312 g/mol. The summed E-state index contributed by atoms with van der Waals surface area (Å²) in [5.74, 6) is -2.82. The molecule has 22 heavy (non-hydrogen) atoms. The first kappa shape index (κ1) is 17.7. The third-order valence-corrected chi connectivity index (χ3v) is 2.81. The van der Waals surface area contributed by atoms with Crippen LogP contribution >= 0.6 is 11.6 Å². The van der Waals surface area contributed by atoms with Gasteiger partial charge in [-0.25, -0.2) is 9.59 Å². The number of nitrogens with one attached hydrogen (secondary N) is 1. The first-order valence-electron chi connectivity index (χ1n) is 6.22. The molecule has 0 radical (unpaired) electrons. The van der Waals surface area contributed by atoms with Gasteiger partial charge in [0.25, 0.3) is 0 Å². The van der Waals surface area contributed by atoms with Gasteiger partial charge in [-0.05, 0) is 18.6 Å². The maximum absolute atomic E-state index is 9.10. The lowest BCUT2D eigenvalue weighted by molar-refractivity contribution is -0.159. The molecule has 118 valence electrons. The highest BCUT2D eigenvalue weighted by Crippen LogP contribution is 2.14. The largest absolute Gasteiger partial charge is 0.473 e. The molecule has 1 heterocycles. The smallest absolute Gasteiger partial charge is 0.414 e. The van der Waals surface area contributed by atoms with Gasteiger partial charge in [0, 0.05) is 24.2 Å². The average molecular weight is 327 g/mol. The van der Waals surface area contributed by atoms with E-state index in [1.165, 1.54) is 0 Å². The molecule has 0 amide bonds. The Labute approximate surface area is 131 Å². The lowest BCUT2D eigenvalue weighted by Gasteiger charge is -2.04. The summed E-state index contributed by atoms with van der Waals surface area (Å²) < 4.78 is 4.97. The second-order valence-electron chi connectivity index (χ2n) is 4.23. The minimum absolute atomic E-state index is 0.683. The summed E-state index contributed by atoms with van der Waals surface area (Å²) in [7, 11) is 0. The van der Waals surface area contributed by atoms with Crippen molar-refractivity contribution < 1.29 is 24.3 Å². The number of carboxylic acids is 2. The number of halogens is 1. The van der Waals surface area contributed by atoms with E-state index < -0.39 is 11.9 Å². The molecule has 8 heteroatoms. The quantitative estimate of drug-likeness (QED) is 0.737. The van der Waals surface area contributed by atoms with Crippen LogP contribution in [0.15, 0.2) is 34.9 Å². The number of benzene rings is 1. The Morgan fingerprint density at radius 3 is 2.36 bits per heavy atom. The molecule has 0 saturated carbocycles. The number of aromatic nitrogens is 1. The Hall–Kier alpha value is -2.38. The van der Waals surface area contributed by atoms with Crippen molar-refractivity contribution in [3.05, 3.63) is 52.4 Å². The van der Waals surface area contributed by atoms with Crippen molar-refractivity contribution in [2.24, 2.45) is 0 Å². The predicted molar refractivity (Wildman–Crippen MR) is 78.5 cm³/mol. The zero-order valence-corrected chi connectivity index (χ0v) is 12.5. The Morgan fingerprint density at radius 2 is 1.86 bits per heavy atom. The minimum atomic E-state index is -1.82. The zero-order chi connectivity index (χ0) is 16.5. The van der Waals surface area contributed by atoms with Crippen LogP contribution < -0.4 is 5.32 Å². The van der Waals surface area contributed by atoms with Gasteiger partial charge in [0.1, 0.15) is 5.76 Å². The molecule has 0 bridgehead atoms. The molecule has 0 aliphatic rings. The van der Waals surface area contributed by atoms with Crippen LogP contribution in [0, 0.1) is 6.92 Å². The van der Waals surface area contributed by atoms with Crippen molar-refractivity contribution in [1.82, 2.24) is 10.5 Å². The predicted octanol–water partition coefficient (Wildman–Crippen LogP) is 2.08. The zero-order valence-electron chi connectivity index (χ0n) is 11.7. The van der Waals surface area contributed by atoms with Gasteiger partial charge in [0.2, 0.25) is 0 Å². The fourth-order valence-corrected chi connectivity index (χ4v) is 1.67. The van der Waals surface area contributed by atoms with E-state index in [4.69, 9.17) is 35.9 Å². The topological polar surface area (TPSA) is 113 Å². The Balaban J connectivity index is 0.000000346. The summed E-state index contributed by atoms with van der Waals surface area (Å²) in [5.41, 5.74) is 1.99. The number of rotatable bonds is 4. The Kier molecular flexibility index (Phi) is 7.07. The van der Waals surface area contributed by atoms with Gasteiger partial charge < -0.3 is 20.1 Å². The normalized spacial score (nSPS) is 9.73. The number of aliphatic carboxylic acids is 2. The van der Waals surface area contributed by atoms with Crippen molar-refractivity contribution in [3.8, 4) is 0 Å². The summed E-state index contributed by atoms with van der Waals surface area (Å²) in [5, 5.41) is 22.7. The second kappa shape index (κ2) is 8.81. The highest BCUT2D eigenvalue weighted by Gasteiger charge is 2.04. The van der Waals surface area contributed by atoms with Crippen LogP contribution in [-0.4, -0.2) is 27.3 Å². The van der Waals surface area contributed by atoms with Gasteiger partial charge in [-0.3, -0.25) is 0 Å². The molecule has 0 spiro atoms. The Bertz CT molecular complexity index is 630. The third kappa shape index (κ3) is 6.38. The molecule has 0 aliphatic carbocycles. The molecule has 0 atom stereocenters. The van der Waals surface area contributed by atoms with E-state index in [1.54, 1.807) is 0 Å².